The minimum atomic E-state index is -0.443. The highest BCUT2D eigenvalue weighted by molar-refractivity contribution is 5.97. The predicted octanol–water partition coefficient (Wildman–Crippen LogP) is 2.89. The second-order valence-electron chi connectivity index (χ2n) is 7.25. The van der Waals surface area contributed by atoms with Gasteiger partial charge < -0.3 is 5.11 Å². The highest BCUT2D eigenvalue weighted by atomic mass is 16.6. The van der Waals surface area contributed by atoms with Crippen LogP contribution in [0.3, 0.4) is 0 Å². The highest BCUT2D eigenvalue weighted by Crippen LogP contribution is 2.48. The molecule has 0 radical (unpaired) electrons. The van der Waals surface area contributed by atoms with Gasteiger partial charge in [-0.05, 0) is 18.6 Å². The van der Waals surface area contributed by atoms with E-state index in [1.807, 2.05) is 6.08 Å². The van der Waals surface area contributed by atoms with Crippen molar-refractivity contribution in [1.29, 1.82) is 0 Å². The summed E-state index contributed by atoms with van der Waals surface area (Å²) in [6, 6.07) is 9.76. The van der Waals surface area contributed by atoms with Crippen LogP contribution in [0.4, 0.5) is 5.69 Å². The van der Waals surface area contributed by atoms with E-state index in [0.717, 1.165) is 13.0 Å². The fraction of sp³-hybridized carbons (Fsp3) is 0.250. The number of fused-ring (bicyclic) bond motifs is 6. The van der Waals surface area contributed by atoms with Gasteiger partial charge in [-0.1, -0.05) is 24.3 Å². The number of non-ortho nitro benzene ring substituents is 1. The Labute approximate surface area is 159 Å². The lowest BCUT2D eigenvalue weighted by Gasteiger charge is -2.26. The van der Waals surface area contributed by atoms with Crippen LogP contribution in [-0.4, -0.2) is 37.2 Å². The maximum atomic E-state index is 13.2. The fourth-order valence-electron chi connectivity index (χ4n) is 4.74. The molecule has 1 aromatic heterocycles. The predicted molar refractivity (Wildman–Crippen MR) is 104 cm³/mol. The van der Waals surface area contributed by atoms with Crippen LogP contribution in [0.1, 0.15) is 24.2 Å². The summed E-state index contributed by atoms with van der Waals surface area (Å²) in [5.41, 5.74) is 0.721. The lowest BCUT2D eigenvalue weighted by atomic mass is 10.1. The quantitative estimate of drug-likeness (QED) is 0.428. The average Bonchev–Trinajstić information content (AvgIpc) is 3.33. The van der Waals surface area contributed by atoms with Crippen LogP contribution in [-0.2, 0) is 0 Å². The molecular weight excluding hydrogens is 360 g/mol. The van der Waals surface area contributed by atoms with Crippen molar-refractivity contribution >= 4 is 16.5 Å². The molecule has 2 bridgehead atoms. The zero-order chi connectivity index (χ0) is 19.6. The number of rotatable bonds is 4. The smallest absolute Gasteiger partial charge is 0.336 e. The number of hydrogen-bond acceptors (Lipinski definition) is 5. The van der Waals surface area contributed by atoms with Gasteiger partial charge in [0.2, 0.25) is 5.88 Å². The number of nitrogens with zero attached hydrogens (tertiary/aromatic N) is 4. The van der Waals surface area contributed by atoms with Crippen LogP contribution in [0.2, 0.25) is 0 Å². The number of benzene rings is 2. The molecule has 3 aromatic rings. The molecule has 1 fully saturated rings. The van der Waals surface area contributed by atoms with E-state index in [-0.39, 0.29) is 29.3 Å². The third-order valence-corrected chi connectivity index (χ3v) is 5.84. The maximum Gasteiger partial charge on any atom is 0.336 e. The Bertz CT molecular complexity index is 1210. The Morgan fingerprint density at radius 2 is 2.00 bits per heavy atom. The van der Waals surface area contributed by atoms with E-state index in [1.54, 1.807) is 28.8 Å². The lowest BCUT2D eigenvalue weighted by Crippen LogP contribution is -2.34. The molecule has 2 atom stereocenters. The van der Waals surface area contributed by atoms with E-state index in [2.05, 4.69) is 11.5 Å². The van der Waals surface area contributed by atoms with Crippen LogP contribution < -0.4 is 5.69 Å². The molecule has 0 amide bonds. The van der Waals surface area contributed by atoms with E-state index < -0.39 is 4.92 Å². The standard InChI is InChI=1S/C20H18N4O4/c1-2-9-21-11-12-10-17(21)18-19(25)23(20(26)22(12)18)15-7-8-16(24(27)28)14-6-4-3-5-13(14)15/h2-8,12,17,25H,1,9-11H2/t12-,17-/m1/s1. The van der Waals surface area contributed by atoms with Gasteiger partial charge in [-0.2, -0.15) is 0 Å². The Hall–Kier alpha value is -3.39. The summed E-state index contributed by atoms with van der Waals surface area (Å²) in [5.74, 6) is -0.0923. The summed E-state index contributed by atoms with van der Waals surface area (Å²) < 4.78 is 2.95. The van der Waals surface area contributed by atoms with Gasteiger partial charge in [-0.25, -0.2) is 9.36 Å². The number of imidazole rings is 1. The second-order valence-corrected chi connectivity index (χ2v) is 7.25. The number of aromatic nitrogens is 2. The van der Waals surface area contributed by atoms with Gasteiger partial charge in [0.05, 0.1) is 28.1 Å². The Morgan fingerprint density at radius 3 is 2.71 bits per heavy atom. The van der Waals surface area contributed by atoms with E-state index >= 15 is 0 Å². The number of nitro groups is 1. The second kappa shape index (κ2) is 5.80. The summed E-state index contributed by atoms with van der Waals surface area (Å²) in [7, 11) is 0. The molecule has 0 unspecified atom stereocenters. The summed E-state index contributed by atoms with van der Waals surface area (Å²) in [4.78, 5) is 26.3. The maximum absolute atomic E-state index is 13.2. The van der Waals surface area contributed by atoms with Crippen LogP contribution >= 0.6 is 0 Å². The molecule has 2 aliphatic heterocycles. The molecule has 2 aromatic carbocycles. The minimum absolute atomic E-state index is 0.0175. The molecule has 0 aliphatic carbocycles. The summed E-state index contributed by atoms with van der Waals surface area (Å²) in [6.07, 6.45) is 2.62. The normalized spacial score (nSPS) is 20.6. The van der Waals surface area contributed by atoms with Crippen molar-refractivity contribution in [3.63, 3.8) is 0 Å². The molecule has 2 aliphatic rings. The zero-order valence-electron chi connectivity index (χ0n) is 15.0. The molecule has 1 saturated heterocycles. The SMILES string of the molecule is C=CCN1C[C@H]2C[C@@H]1c1c(O)n(-c3ccc([N+](=O)[O-])c4ccccc34)c(=O)n12. The first kappa shape index (κ1) is 16.8. The van der Waals surface area contributed by atoms with Crippen molar-refractivity contribution < 1.29 is 10.0 Å². The Kier molecular flexibility index (Phi) is 3.47. The molecule has 3 heterocycles. The van der Waals surface area contributed by atoms with Gasteiger partial charge in [-0.15, -0.1) is 6.58 Å². The molecular formula is C20H18N4O4. The first-order valence-corrected chi connectivity index (χ1v) is 9.10. The third kappa shape index (κ3) is 2.06. The first-order chi connectivity index (χ1) is 13.5. The number of nitro benzene ring substituents is 1. The van der Waals surface area contributed by atoms with Gasteiger partial charge in [0.15, 0.2) is 0 Å². The van der Waals surface area contributed by atoms with Crippen molar-refractivity contribution in [1.82, 2.24) is 14.0 Å². The van der Waals surface area contributed by atoms with Crippen LogP contribution in [0.15, 0.2) is 53.8 Å². The minimum Gasteiger partial charge on any atom is -0.493 e. The van der Waals surface area contributed by atoms with Crippen molar-refractivity contribution in [2.24, 2.45) is 0 Å². The molecule has 5 rings (SSSR count). The first-order valence-electron chi connectivity index (χ1n) is 9.10. The van der Waals surface area contributed by atoms with E-state index in [4.69, 9.17) is 0 Å². The highest BCUT2D eigenvalue weighted by Gasteiger charge is 2.47. The van der Waals surface area contributed by atoms with Gasteiger partial charge in [0.1, 0.15) is 5.69 Å². The number of hydrogen-bond donors (Lipinski definition) is 1. The largest absolute Gasteiger partial charge is 0.493 e. The molecule has 28 heavy (non-hydrogen) atoms. The van der Waals surface area contributed by atoms with Gasteiger partial charge in [0.25, 0.3) is 5.69 Å². The average molecular weight is 378 g/mol. The van der Waals surface area contributed by atoms with Crippen molar-refractivity contribution in [3.8, 4) is 11.6 Å². The van der Waals surface area contributed by atoms with Crippen molar-refractivity contribution in [2.75, 3.05) is 13.1 Å². The molecule has 8 nitrogen and oxygen atoms in total. The third-order valence-electron chi connectivity index (χ3n) is 5.84. The number of likely N-dealkylation sites (tertiary alicyclic amines) is 1. The Morgan fingerprint density at radius 1 is 1.25 bits per heavy atom. The molecule has 8 heteroatoms. The van der Waals surface area contributed by atoms with Gasteiger partial charge in [-0.3, -0.25) is 19.6 Å². The Balaban J connectivity index is 1.75. The van der Waals surface area contributed by atoms with Crippen LogP contribution in [0.25, 0.3) is 16.5 Å². The van der Waals surface area contributed by atoms with E-state index in [1.165, 1.54) is 16.7 Å². The topological polar surface area (TPSA) is 93.5 Å². The fourth-order valence-corrected chi connectivity index (χ4v) is 4.74. The van der Waals surface area contributed by atoms with Crippen LogP contribution in [0, 0.1) is 10.1 Å². The summed E-state index contributed by atoms with van der Waals surface area (Å²) in [5, 5.41) is 23.3. The summed E-state index contributed by atoms with van der Waals surface area (Å²) in [6.45, 7) is 5.22. The van der Waals surface area contributed by atoms with Gasteiger partial charge >= 0.3 is 5.69 Å². The van der Waals surface area contributed by atoms with Crippen molar-refractivity contribution in [3.05, 3.63) is 75.3 Å². The number of aromatic hydroxyl groups is 1. The van der Waals surface area contributed by atoms with Crippen molar-refractivity contribution in [2.45, 2.75) is 18.5 Å². The molecule has 0 spiro atoms. The monoisotopic (exact) mass is 378 g/mol. The molecule has 0 saturated carbocycles. The van der Waals surface area contributed by atoms with E-state index in [9.17, 15) is 20.0 Å². The summed E-state index contributed by atoms with van der Waals surface area (Å²) >= 11 is 0. The van der Waals surface area contributed by atoms with Crippen LogP contribution in [0.5, 0.6) is 5.88 Å². The van der Waals surface area contributed by atoms with E-state index in [0.29, 0.717) is 28.7 Å². The zero-order valence-corrected chi connectivity index (χ0v) is 15.0. The molecule has 142 valence electrons. The van der Waals surface area contributed by atoms with Gasteiger partial charge in [0, 0.05) is 24.5 Å². The lowest BCUT2D eigenvalue weighted by molar-refractivity contribution is -0.383. The molecule has 1 N–H and O–H groups in total.